The minimum absolute atomic E-state index is 0.0135. The number of thioether (sulfide) groups is 1. The van der Waals surface area contributed by atoms with E-state index in [1.54, 1.807) is 38.1 Å². The molecular weight excluding hydrogens is 636 g/mol. The summed E-state index contributed by atoms with van der Waals surface area (Å²) in [5, 5.41) is 35.3. The van der Waals surface area contributed by atoms with Gasteiger partial charge in [0.05, 0.1) is 0 Å². The molecule has 2 aromatic carbocycles. The number of carbonyl (C=O) groups is 7. The van der Waals surface area contributed by atoms with Gasteiger partial charge in [-0.05, 0) is 43.5 Å². The molecule has 3 aliphatic rings. The van der Waals surface area contributed by atoms with Crippen molar-refractivity contribution in [2.45, 2.75) is 48.1 Å². The smallest absolute Gasteiger partial charge is 0.327 e. The van der Waals surface area contributed by atoms with Crippen molar-refractivity contribution in [3.8, 4) is 11.5 Å². The summed E-state index contributed by atoms with van der Waals surface area (Å²) in [6, 6.07) is 8.25. The SMILES string of the molecule is CC1(C)S[C@H]2N(C(=O)[C@@]2(NC=O)NC(=O)C(NC(=O)N2CCN(CCc3ccc(O)c(O)c3)C(=O)C2=O)c2ccccc2)[C@H]1C(=O)O. The number of piperazine rings is 1. The van der Waals surface area contributed by atoms with E-state index in [2.05, 4.69) is 16.0 Å². The van der Waals surface area contributed by atoms with E-state index in [0.717, 1.165) is 16.7 Å². The Morgan fingerprint density at radius 1 is 1.02 bits per heavy atom. The third-order valence-corrected chi connectivity index (χ3v) is 9.95. The van der Waals surface area contributed by atoms with Crippen molar-refractivity contribution < 1.29 is 48.9 Å². The lowest BCUT2D eigenvalue weighted by Gasteiger charge is -2.52. The van der Waals surface area contributed by atoms with Crippen molar-refractivity contribution >= 4 is 53.8 Å². The molecular formula is C30H32N6O10S. The molecule has 2 aromatic rings. The summed E-state index contributed by atoms with van der Waals surface area (Å²) in [4.78, 5) is 93.2. The van der Waals surface area contributed by atoms with E-state index in [0.29, 0.717) is 10.5 Å². The molecule has 47 heavy (non-hydrogen) atoms. The summed E-state index contributed by atoms with van der Waals surface area (Å²) < 4.78 is -0.975. The number of β-lactam (4-membered cyclic amide) rings is 1. The van der Waals surface area contributed by atoms with Gasteiger partial charge in [0.1, 0.15) is 17.5 Å². The fourth-order valence-corrected chi connectivity index (χ4v) is 7.57. The molecule has 0 bridgehead atoms. The van der Waals surface area contributed by atoms with E-state index >= 15 is 0 Å². The van der Waals surface area contributed by atoms with Crippen molar-refractivity contribution in [1.29, 1.82) is 0 Å². The number of aromatic hydroxyl groups is 2. The first kappa shape index (κ1) is 33.1. The number of amides is 7. The molecule has 0 saturated carbocycles. The Balaban J connectivity index is 1.31. The number of carbonyl (C=O) groups excluding carboxylic acids is 6. The summed E-state index contributed by atoms with van der Waals surface area (Å²) in [5.41, 5.74) is -1.17. The second-order valence-electron chi connectivity index (χ2n) is 11.7. The van der Waals surface area contributed by atoms with Gasteiger partial charge in [-0.25, -0.2) is 9.59 Å². The molecule has 16 nitrogen and oxygen atoms in total. The second-order valence-corrected chi connectivity index (χ2v) is 13.4. The number of urea groups is 1. The lowest BCUT2D eigenvalue weighted by Crippen LogP contribution is -2.85. The summed E-state index contributed by atoms with van der Waals surface area (Å²) >= 11 is 1.08. The fraction of sp³-hybridized carbons (Fsp3) is 0.367. The minimum atomic E-state index is -2.02. The van der Waals surface area contributed by atoms with E-state index in [1.807, 2.05) is 0 Å². The molecule has 3 aliphatic heterocycles. The van der Waals surface area contributed by atoms with Gasteiger partial charge in [-0.2, -0.15) is 0 Å². The van der Waals surface area contributed by atoms with Gasteiger partial charge in [0.25, 0.3) is 5.91 Å². The molecule has 0 radical (unpaired) electrons. The van der Waals surface area contributed by atoms with Crippen LogP contribution in [-0.2, 0) is 35.2 Å². The van der Waals surface area contributed by atoms with Crippen LogP contribution in [0.5, 0.6) is 11.5 Å². The first-order valence-corrected chi connectivity index (χ1v) is 15.3. The summed E-state index contributed by atoms with van der Waals surface area (Å²) in [5.74, 6) is -5.78. The maximum Gasteiger partial charge on any atom is 0.327 e. The van der Waals surface area contributed by atoms with E-state index < -0.39 is 63.5 Å². The van der Waals surface area contributed by atoms with Crippen LogP contribution in [0.3, 0.4) is 0 Å². The van der Waals surface area contributed by atoms with Crippen LogP contribution in [0.2, 0.25) is 0 Å². The Labute approximate surface area is 272 Å². The number of aliphatic carboxylic acids is 1. The molecule has 0 aliphatic carbocycles. The van der Waals surface area contributed by atoms with E-state index in [-0.39, 0.29) is 49.5 Å². The number of phenols is 2. The molecule has 17 heteroatoms. The van der Waals surface area contributed by atoms with Crippen molar-refractivity contribution in [2.75, 3.05) is 19.6 Å². The average Bonchev–Trinajstić information content (AvgIpc) is 3.31. The highest BCUT2D eigenvalue weighted by atomic mass is 32.2. The molecule has 3 saturated heterocycles. The van der Waals surface area contributed by atoms with Gasteiger partial charge in [-0.1, -0.05) is 36.4 Å². The molecule has 6 N–H and O–H groups in total. The van der Waals surface area contributed by atoms with Crippen LogP contribution in [0.1, 0.15) is 31.0 Å². The van der Waals surface area contributed by atoms with Gasteiger partial charge < -0.3 is 41.1 Å². The monoisotopic (exact) mass is 668 g/mol. The maximum absolute atomic E-state index is 13.8. The van der Waals surface area contributed by atoms with Gasteiger partial charge in [-0.15, -0.1) is 11.8 Å². The average molecular weight is 669 g/mol. The molecule has 5 rings (SSSR count). The summed E-state index contributed by atoms with van der Waals surface area (Å²) in [7, 11) is 0. The first-order valence-electron chi connectivity index (χ1n) is 14.5. The summed E-state index contributed by atoms with van der Waals surface area (Å²) in [6.45, 7) is 3.13. The van der Waals surface area contributed by atoms with E-state index in [9.17, 15) is 48.9 Å². The Morgan fingerprint density at radius 2 is 1.72 bits per heavy atom. The number of nitrogens with one attached hydrogen (secondary N) is 3. The Morgan fingerprint density at radius 3 is 2.36 bits per heavy atom. The molecule has 0 spiro atoms. The Kier molecular flexibility index (Phi) is 8.77. The Bertz CT molecular complexity index is 1650. The van der Waals surface area contributed by atoms with Gasteiger partial charge in [0.2, 0.25) is 18.0 Å². The lowest BCUT2D eigenvalue weighted by molar-refractivity contribution is -0.172. The number of hydrogen-bond acceptors (Lipinski definition) is 10. The van der Waals surface area contributed by atoms with Crippen LogP contribution in [0.25, 0.3) is 0 Å². The second kappa shape index (κ2) is 12.5. The van der Waals surface area contributed by atoms with Crippen LogP contribution in [-0.4, -0.2) is 114 Å². The minimum Gasteiger partial charge on any atom is -0.504 e. The van der Waals surface area contributed by atoms with Crippen molar-refractivity contribution in [3.05, 3.63) is 59.7 Å². The van der Waals surface area contributed by atoms with Crippen LogP contribution >= 0.6 is 11.8 Å². The number of carboxylic acids is 1. The van der Waals surface area contributed by atoms with Crippen molar-refractivity contribution in [3.63, 3.8) is 0 Å². The normalized spacial score (nSPS) is 23.8. The number of rotatable bonds is 10. The molecule has 4 atom stereocenters. The van der Waals surface area contributed by atoms with Crippen LogP contribution < -0.4 is 16.0 Å². The van der Waals surface area contributed by atoms with E-state index in [1.165, 1.54) is 29.2 Å². The zero-order valence-corrected chi connectivity index (χ0v) is 26.0. The molecule has 7 amide bonds. The number of phenolic OH excluding ortho intramolecular Hbond substituents is 2. The van der Waals surface area contributed by atoms with Gasteiger partial charge >= 0.3 is 23.8 Å². The first-order chi connectivity index (χ1) is 22.2. The zero-order valence-electron chi connectivity index (χ0n) is 25.2. The Hall–Kier alpha value is -5.32. The lowest BCUT2D eigenvalue weighted by atomic mass is 9.91. The predicted molar refractivity (Wildman–Crippen MR) is 163 cm³/mol. The standard InChI is InChI=1S/C30H32N6O10S/c1-29(2)21(25(43)44)36-26(45)30(31-15-37,27(36)47-29)33-22(40)20(17-6-4-3-5-7-17)32-28(46)35-13-12-34(23(41)24(35)42)11-10-16-8-9-18(38)19(39)14-16/h3-9,14-15,20-21,27,38-39H,10-13H2,1-2H3,(H,31,37)(H,32,46)(H,33,40)(H,43,44)/t20?,21-,27+,30+/m0/s1. The van der Waals surface area contributed by atoms with Crippen LogP contribution in [0.4, 0.5) is 4.79 Å². The largest absolute Gasteiger partial charge is 0.504 e. The number of imide groups is 1. The number of carboxylic acid groups (broad SMARTS) is 1. The van der Waals surface area contributed by atoms with Crippen molar-refractivity contribution in [2.24, 2.45) is 0 Å². The van der Waals surface area contributed by atoms with Crippen LogP contribution in [0, 0.1) is 0 Å². The number of benzene rings is 2. The highest BCUT2D eigenvalue weighted by Gasteiger charge is 2.72. The zero-order chi connectivity index (χ0) is 34.3. The molecule has 3 heterocycles. The van der Waals surface area contributed by atoms with Gasteiger partial charge in [0.15, 0.2) is 11.5 Å². The predicted octanol–water partition coefficient (Wildman–Crippen LogP) is -0.533. The number of hydrogen-bond donors (Lipinski definition) is 6. The molecule has 1 unspecified atom stereocenters. The van der Waals surface area contributed by atoms with Crippen LogP contribution in [0.15, 0.2) is 48.5 Å². The quantitative estimate of drug-likeness (QED) is 0.0620. The van der Waals surface area contributed by atoms with Gasteiger partial charge in [0, 0.05) is 24.4 Å². The number of nitrogens with zero attached hydrogens (tertiary/aromatic N) is 3. The fourth-order valence-electron chi connectivity index (χ4n) is 5.92. The molecule has 0 aromatic heterocycles. The third kappa shape index (κ3) is 5.89. The maximum atomic E-state index is 13.8. The topological polar surface area (TPSA) is 226 Å². The molecule has 248 valence electrons. The van der Waals surface area contributed by atoms with E-state index in [4.69, 9.17) is 0 Å². The molecule has 3 fully saturated rings. The highest BCUT2D eigenvalue weighted by molar-refractivity contribution is 8.01. The summed E-state index contributed by atoms with van der Waals surface area (Å²) in [6.07, 6.45) is 0.465. The number of fused-ring (bicyclic) bond motifs is 1. The third-order valence-electron chi connectivity index (χ3n) is 8.31. The highest BCUT2D eigenvalue weighted by Crippen LogP contribution is 2.54. The van der Waals surface area contributed by atoms with Crippen molar-refractivity contribution in [1.82, 2.24) is 30.7 Å². The van der Waals surface area contributed by atoms with Gasteiger partial charge in [-0.3, -0.25) is 28.9 Å².